The van der Waals surface area contributed by atoms with Gasteiger partial charge in [0, 0.05) is 5.56 Å². The van der Waals surface area contributed by atoms with Crippen LogP contribution in [0.3, 0.4) is 0 Å². The second kappa shape index (κ2) is 7.92. The van der Waals surface area contributed by atoms with Crippen LogP contribution < -0.4 is 16.0 Å². The summed E-state index contributed by atoms with van der Waals surface area (Å²) >= 11 is 0. The van der Waals surface area contributed by atoms with Gasteiger partial charge in [0.1, 0.15) is 11.4 Å². The average Bonchev–Trinajstić information content (AvgIpc) is 2.97. The lowest BCUT2D eigenvalue weighted by atomic mass is 9.70. The predicted octanol–water partition coefficient (Wildman–Crippen LogP) is 3.62. The second-order valence-corrected chi connectivity index (χ2v) is 7.96. The molecule has 0 spiro atoms. The molecule has 4 amide bonds. The minimum absolute atomic E-state index is 0.0275. The number of hydrogen-bond acceptors (Lipinski definition) is 3. The highest BCUT2D eigenvalue weighted by atomic mass is 19.4. The van der Waals surface area contributed by atoms with Gasteiger partial charge in [-0.05, 0) is 60.2 Å². The highest BCUT2D eigenvalue weighted by molar-refractivity contribution is 6.08. The SMILES string of the molecule is O=C1NC(=O)C(CNC(=O)c2ccc(F)cc2-c2ccc(C(F)(F)F)cc2)(C2CCC2)N1. The molecule has 1 saturated carbocycles. The number of carbonyl (C=O) groups is 3. The summed E-state index contributed by atoms with van der Waals surface area (Å²) in [6.07, 6.45) is -2.18. The topological polar surface area (TPSA) is 87.3 Å². The van der Waals surface area contributed by atoms with Crippen LogP contribution in [0.2, 0.25) is 0 Å². The third kappa shape index (κ3) is 3.92. The normalized spacial score (nSPS) is 21.0. The number of urea groups is 1. The van der Waals surface area contributed by atoms with E-state index in [0.717, 1.165) is 55.7 Å². The molecule has 1 heterocycles. The predicted molar refractivity (Wildman–Crippen MR) is 106 cm³/mol. The first-order valence-electron chi connectivity index (χ1n) is 9.99. The molecular formula is C22H19F4N3O3. The number of amides is 4. The first-order valence-corrected chi connectivity index (χ1v) is 9.99. The lowest BCUT2D eigenvalue weighted by Gasteiger charge is -2.40. The van der Waals surface area contributed by atoms with Gasteiger partial charge in [0.05, 0.1) is 12.1 Å². The first-order chi connectivity index (χ1) is 15.1. The number of benzene rings is 2. The Morgan fingerprint density at radius 1 is 1.09 bits per heavy atom. The van der Waals surface area contributed by atoms with E-state index < -0.39 is 40.9 Å². The lowest BCUT2D eigenvalue weighted by Crippen LogP contribution is -2.61. The summed E-state index contributed by atoms with van der Waals surface area (Å²) < 4.78 is 52.4. The van der Waals surface area contributed by atoms with Crippen LogP contribution in [-0.2, 0) is 11.0 Å². The largest absolute Gasteiger partial charge is 0.416 e. The standard InChI is InChI=1S/C22H19F4N3O3/c23-15-8-9-16(17(10-15)12-4-6-14(7-5-12)22(24,25)26)18(30)27-11-21(13-2-1-3-13)19(31)28-20(32)29-21/h4-10,13H,1-3,11H2,(H,27,30)(H2,28,29,31,32). The maximum Gasteiger partial charge on any atom is 0.416 e. The van der Waals surface area contributed by atoms with Crippen molar-refractivity contribution >= 4 is 17.8 Å². The summed E-state index contributed by atoms with van der Waals surface area (Å²) in [6, 6.07) is 6.74. The van der Waals surface area contributed by atoms with E-state index in [4.69, 9.17) is 0 Å². The zero-order valence-electron chi connectivity index (χ0n) is 16.7. The zero-order valence-corrected chi connectivity index (χ0v) is 16.7. The van der Waals surface area contributed by atoms with E-state index in [1.807, 2.05) is 0 Å². The zero-order chi connectivity index (χ0) is 23.1. The maximum atomic E-state index is 13.9. The van der Waals surface area contributed by atoms with Crippen molar-refractivity contribution in [3.05, 3.63) is 59.4 Å². The van der Waals surface area contributed by atoms with Crippen molar-refractivity contribution in [3.63, 3.8) is 0 Å². The number of alkyl halides is 3. The molecule has 0 aromatic heterocycles. The number of carbonyl (C=O) groups excluding carboxylic acids is 3. The molecule has 1 aliphatic heterocycles. The summed E-state index contributed by atoms with van der Waals surface area (Å²) in [5.74, 6) is -1.95. The van der Waals surface area contributed by atoms with Crippen molar-refractivity contribution < 1.29 is 31.9 Å². The Morgan fingerprint density at radius 2 is 1.78 bits per heavy atom. The summed E-state index contributed by atoms with van der Waals surface area (Å²) in [7, 11) is 0. The van der Waals surface area contributed by atoms with Crippen LogP contribution in [0.4, 0.5) is 22.4 Å². The van der Waals surface area contributed by atoms with Crippen LogP contribution in [0.1, 0.15) is 35.2 Å². The summed E-state index contributed by atoms with van der Waals surface area (Å²) in [5, 5.41) is 7.45. The number of nitrogens with one attached hydrogen (secondary N) is 3. The van der Waals surface area contributed by atoms with Gasteiger partial charge in [0.15, 0.2) is 0 Å². The fraction of sp³-hybridized carbons (Fsp3) is 0.318. The van der Waals surface area contributed by atoms with Crippen molar-refractivity contribution in [1.29, 1.82) is 0 Å². The molecule has 4 rings (SSSR count). The number of halogens is 4. The molecule has 3 N–H and O–H groups in total. The van der Waals surface area contributed by atoms with Gasteiger partial charge in [0.2, 0.25) is 0 Å². The summed E-state index contributed by atoms with van der Waals surface area (Å²) in [4.78, 5) is 37.1. The first kappa shape index (κ1) is 21.8. The fourth-order valence-corrected chi connectivity index (χ4v) is 4.07. The molecule has 0 bridgehead atoms. The van der Waals surface area contributed by atoms with Gasteiger partial charge in [-0.2, -0.15) is 13.2 Å². The van der Waals surface area contributed by atoms with E-state index in [9.17, 15) is 31.9 Å². The molecule has 10 heteroatoms. The Bertz CT molecular complexity index is 1080. The van der Waals surface area contributed by atoms with Crippen LogP contribution in [0.25, 0.3) is 11.1 Å². The molecule has 2 fully saturated rings. The van der Waals surface area contributed by atoms with Gasteiger partial charge in [-0.15, -0.1) is 0 Å². The monoisotopic (exact) mass is 449 g/mol. The smallest absolute Gasteiger partial charge is 0.349 e. The summed E-state index contributed by atoms with van der Waals surface area (Å²) in [6.45, 7) is -0.169. The van der Waals surface area contributed by atoms with Crippen LogP contribution in [0, 0.1) is 11.7 Å². The molecule has 1 unspecified atom stereocenters. The molecule has 168 valence electrons. The van der Waals surface area contributed by atoms with Gasteiger partial charge in [-0.1, -0.05) is 18.6 Å². The van der Waals surface area contributed by atoms with E-state index in [1.165, 1.54) is 6.07 Å². The minimum Gasteiger partial charge on any atom is -0.349 e. The lowest BCUT2D eigenvalue weighted by molar-refractivity contribution is -0.137. The summed E-state index contributed by atoms with van der Waals surface area (Å²) in [5.41, 5.74) is -1.77. The van der Waals surface area contributed by atoms with E-state index >= 15 is 0 Å². The molecule has 0 radical (unpaired) electrons. The van der Waals surface area contributed by atoms with Crippen molar-refractivity contribution in [2.24, 2.45) is 5.92 Å². The van der Waals surface area contributed by atoms with E-state index in [1.54, 1.807) is 0 Å². The highest BCUT2D eigenvalue weighted by Gasteiger charge is 2.53. The molecule has 1 atom stereocenters. The Morgan fingerprint density at radius 3 is 2.31 bits per heavy atom. The van der Waals surface area contributed by atoms with Gasteiger partial charge in [-0.25, -0.2) is 9.18 Å². The molecule has 6 nitrogen and oxygen atoms in total. The van der Waals surface area contributed by atoms with Gasteiger partial charge in [-0.3, -0.25) is 14.9 Å². The Labute approximate surface area is 180 Å². The molecule has 2 aromatic rings. The van der Waals surface area contributed by atoms with E-state index in [-0.39, 0.29) is 29.2 Å². The van der Waals surface area contributed by atoms with Crippen molar-refractivity contribution in [3.8, 4) is 11.1 Å². The maximum absolute atomic E-state index is 13.9. The molecule has 1 saturated heterocycles. The third-order valence-electron chi connectivity index (χ3n) is 6.05. The van der Waals surface area contributed by atoms with E-state index in [0.29, 0.717) is 0 Å². The average molecular weight is 449 g/mol. The molecular weight excluding hydrogens is 430 g/mol. The Balaban J connectivity index is 1.59. The number of rotatable bonds is 5. The number of imide groups is 1. The van der Waals surface area contributed by atoms with Crippen molar-refractivity contribution in [2.75, 3.05) is 6.54 Å². The molecule has 2 aromatic carbocycles. The molecule has 2 aliphatic rings. The highest BCUT2D eigenvalue weighted by Crippen LogP contribution is 2.38. The number of hydrogen-bond donors (Lipinski definition) is 3. The van der Waals surface area contributed by atoms with Gasteiger partial charge >= 0.3 is 12.2 Å². The van der Waals surface area contributed by atoms with Crippen molar-refractivity contribution in [1.82, 2.24) is 16.0 Å². The van der Waals surface area contributed by atoms with Crippen LogP contribution in [-0.4, -0.2) is 29.9 Å². The molecule has 1 aliphatic carbocycles. The van der Waals surface area contributed by atoms with Crippen LogP contribution >= 0.6 is 0 Å². The van der Waals surface area contributed by atoms with Crippen LogP contribution in [0.15, 0.2) is 42.5 Å². The van der Waals surface area contributed by atoms with E-state index in [2.05, 4.69) is 16.0 Å². The molecule has 32 heavy (non-hydrogen) atoms. The van der Waals surface area contributed by atoms with Gasteiger partial charge < -0.3 is 10.6 Å². The van der Waals surface area contributed by atoms with Gasteiger partial charge in [0.25, 0.3) is 11.8 Å². The third-order valence-corrected chi connectivity index (χ3v) is 6.05. The Kier molecular flexibility index (Phi) is 5.39. The fourth-order valence-electron chi connectivity index (χ4n) is 4.07. The second-order valence-electron chi connectivity index (χ2n) is 7.96. The Hall–Kier alpha value is -3.43. The van der Waals surface area contributed by atoms with Crippen molar-refractivity contribution in [2.45, 2.75) is 31.0 Å². The quantitative estimate of drug-likeness (QED) is 0.481. The van der Waals surface area contributed by atoms with Crippen LogP contribution in [0.5, 0.6) is 0 Å². The minimum atomic E-state index is -4.52.